The van der Waals surface area contributed by atoms with Crippen LogP contribution < -0.4 is 5.32 Å². The normalized spacial score (nSPS) is 11.4. The molecule has 0 unspecified atom stereocenters. The molecular weight excluding hydrogens is 388 g/mol. The smallest absolute Gasteiger partial charge is 0.416 e. The number of alkyl halides is 3. The average molecular weight is 406 g/mol. The van der Waals surface area contributed by atoms with Gasteiger partial charge in [0.25, 0.3) is 0 Å². The van der Waals surface area contributed by atoms with E-state index in [0.29, 0.717) is 35.7 Å². The van der Waals surface area contributed by atoms with Crippen LogP contribution in [0.4, 0.5) is 17.6 Å². The summed E-state index contributed by atoms with van der Waals surface area (Å²) in [6.45, 7) is 0.302. The Balaban J connectivity index is 1.43. The van der Waals surface area contributed by atoms with Gasteiger partial charge in [-0.25, -0.2) is 9.37 Å². The lowest BCUT2D eigenvalue weighted by Crippen LogP contribution is -2.25. The van der Waals surface area contributed by atoms with Gasteiger partial charge in [0.15, 0.2) is 11.7 Å². The van der Waals surface area contributed by atoms with Crippen molar-refractivity contribution in [2.45, 2.75) is 25.4 Å². The monoisotopic (exact) mass is 406 g/mol. The Morgan fingerprint density at radius 2 is 1.76 bits per heavy atom. The largest absolute Gasteiger partial charge is 0.441 e. The van der Waals surface area contributed by atoms with Crippen LogP contribution in [0.5, 0.6) is 0 Å². The van der Waals surface area contributed by atoms with Crippen molar-refractivity contribution in [3.05, 3.63) is 77.6 Å². The van der Waals surface area contributed by atoms with E-state index in [-0.39, 0.29) is 18.7 Å². The summed E-state index contributed by atoms with van der Waals surface area (Å²) in [5.41, 5.74) is 0.291. The van der Waals surface area contributed by atoms with Crippen molar-refractivity contribution in [2.24, 2.45) is 0 Å². The van der Waals surface area contributed by atoms with E-state index >= 15 is 0 Å². The Kier molecular flexibility index (Phi) is 6.31. The van der Waals surface area contributed by atoms with Crippen LogP contribution in [-0.2, 0) is 23.8 Å². The molecule has 152 valence electrons. The van der Waals surface area contributed by atoms with E-state index in [4.69, 9.17) is 4.42 Å². The second-order valence-electron chi connectivity index (χ2n) is 6.39. The average Bonchev–Trinajstić information content (AvgIpc) is 3.15. The van der Waals surface area contributed by atoms with E-state index in [0.717, 1.165) is 12.1 Å². The fourth-order valence-corrected chi connectivity index (χ4v) is 2.73. The second kappa shape index (κ2) is 8.89. The third-order valence-corrected chi connectivity index (χ3v) is 4.28. The lowest BCUT2D eigenvalue weighted by atomic mass is 10.1. The van der Waals surface area contributed by atoms with Crippen LogP contribution in [0.2, 0.25) is 0 Å². The SMILES string of the molecule is O=C(CCc1ncc(-c2ccccc2F)o1)NCCc1ccc(C(F)(F)F)cc1. The fraction of sp³-hybridized carbons (Fsp3) is 0.238. The first kappa shape index (κ1) is 20.6. The van der Waals surface area contributed by atoms with E-state index < -0.39 is 17.6 Å². The molecule has 4 nitrogen and oxygen atoms in total. The van der Waals surface area contributed by atoms with Crippen LogP contribution in [-0.4, -0.2) is 17.4 Å². The Morgan fingerprint density at radius 1 is 1.03 bits per heavy atom. The zero-order valence-electron chi connectivity index (χ0n) is 15.3. The standard InChI is InChI=1S/C21H18F4N2O2/c22-17-4-2-1-3-16(17)18-13-27-20(29-18)10-9-19(28)26-12-11-14-5-7-15(8-6-14)21(23,24)25/h1-8,13H,9-12H2,(H,26,28). The first-order chi connectivity index (χ1) is 13.8. The minimum Gasteiger partial charge on any atom is -0.441 e. The molecule has 3 aromatic rings. The van der Waals surface area contributed by atoms with E-state index in [1.54, 1.807) is 18.2 Å². The third kappa shape index (κ3) is 5.66. The maximum atomic E-state index is 13.8. The highest BCUT2D eigenvalue weighted by molar-refractivity contribution is 5.76. The topological polar surface area (TPSA) is 55.1 Å². The van der Waals surface area contributed by atoms with E-state index in [1.165, 1.54) is 24.4 Å². The van der Waals surface area contributed by atoms with Crippen LogP contribution in [0.25, 0.3) is 11.3 Å². The van der Waals surface area contributed by atoms with Crippen LogP contribution >= 0.6 is 0 Å². The number of aryl methyl sites for hydroxylation is 1. The molecule has 2 aromatic carbocycles. The molecule has 0 atom stereocenters. The molecule has 0 aliphatic heterocycles. The number of nitrogens with zero attached hydrogens (tertiary/aromatic N) is 1. The highest BCUT2D eigenvalue weighted by Crippen LogP contribution is 2.29. The highest BCUT2D eigenvalue weighted by Gasteiger charge is 2.29. The Labute approximate surface area is 164 Å². The highest BCUT2D eigenvalue weighted by atomic mass is 19.4. The fourth-order valence-electron chi connectivity index (χ4n) is 2.73. The second-order valence-corrected chi connectivity index (χ2v) is 6.39. The molecule has 29 heavy (non-hydrogen) atoms. The number of carbonyl (C=O) groups excluding carboxylic acids is 1. The van der Waals surface area contributed by atoms with Gasteiger partial charge in [0.1, 0.15) is 5.82 Å². The minimum atomic E-state index is -4.36. The van der Waals surface area contributed by atoms with Crippen molar-refractivity contribution in [3.8, 4) is 11.3 Å². The van der Waals surface area contributed by atoms with Crippen molar-refractivity contribution in [1.82, 2.24) is 10.3 Å². The number of hydrogen-bond donors (Lipinski definition) is 1. The van der Waals surface area contributed by atoms with Gasteiger partial charge >= 0.3 is 6.18 Å². The summed E-state index contributed by atoms with van der Waals surface area (Å²) in [5.74, 6) is -0.0410. The number of aromatic nitrogens is 1. The van der Waals surface area contributed by atoms with Gasteiger partial charge in [0, 0.05) is 19.4 Å². The molecule has 3 rings (SSSR count). The summed E-state index contributed by atoms with van der Waals surface area (Å²) in [6.07, 6.45) is -2.15. The summed E-state index contributed by atoms with van der Waals surface area (Å²) < 4.78 is 56.8. The number of oxazole rings is 1. The number of carbonyl (C=O) groups is 1. The van der Waals surface area contributed by atoms with Gasteiger partial charge in [-0.1, -0.05) is 24.3 Å². The van der Waals surface area contributed by atoms with Crippen LogP contribution in [0.15, 0.2) is 59.1 Å². The van der Waals surface area contributed by atoms with Crippen molar-refractivity contribution in [3.63, 3.8) is 0 Å². The molecule has 0 saturated carbocycles. The maximum absolute atomic E-state index is 13.8. The van der Waals surface area contributed by atoms with Gasteiger partial charge in [-0.15, -0.1) is 0 Å². The van der Waals surface area contributed by atoms with Crippen molar-refractivity contribution in [1.29, 1.82) is 0 Å². The molecule has 0 radical (unpaired) electrons. The first-order valence-electron chi connectivity index (χ1n) is 8.95. The molecule has 0 saturated heterocycles. The first-order valence-corrected chi connectivity index (χ1v) is 8.95. The van der Waals surface area contributed by atoms with Crippen LogP contribution in [0.3, 0.4) is 0 Å². The Bertz CT molecular complexity index is 965. The zero-order valence-corrected chi connectivity index (χ0v) is 15.3. The summed E-state index contributed by atoms with van der Waals surface area (Å²) in [4.78, 5) is 16.0. The predicted molar refractivity (Wildman–Crippen MR) is 98.4 cm³/mol. The number of nitrogens with one attached hydrogen (secondary N) is 1. The van der Waals surface area contributed by atoms with Crippen molar-refractivity contribution < 1.29 is 26.8 Å². The quantitative estimate of drug-likeness (QED) is 0.574. The summed E-state index contributed by atoms with van der Waals surface area (Å²) >= 11 is 0. The summed E-state index contributed by atoms with van der Waals surface area (Å²) in [6, 6.07) is 11.0. The van der Waals surface area contributed by atoms with Gasteiger partial charge in [-0.05, 0) is 36.2 Å². The molecular formula is C21H18F4N2O2. The van der Waals surface area contributed by atoms with E-state index in [9.17, 15) is 22.4 Å². The Hall–Kier alpha value is -3.16. The number of rotatable bonds is 7. The van der Waals surface area contributed by atoms with Gasteiger partial charge in [0.05, 0.1) is 17.3 Å². The number of halogens is 4. The van der Waals surface area contributed by atoms with E-state index in [2.05, 4.69) is 10.3 Å². The molecule has 0 spiro atoms. The van der Waals surface area contributed by atoms with Gasteiger partial charge in [0.2, 0.25) is 5.91 Å². The van der Waals surface area contributed by atoms with Crippen LogP contribution in [0.1, 0.15) is 23.4 Å². The molecule has 0 bridgehead atoms. The van der Waals surface area contributed by atoms with Crippen molar-refractivity contribution >= 4 is 5.91 Å². The molecule has 0 aliphatic rings. The van der Waals surface area contributed by atoms with Gasteiger partial charge in [-0.2, -0.15) is 13.2 Å². The number of hydrogen-bond acceptors (Lipinski definition) is 3. The zero-order chi connectivity index (χ0) is 20.9. The maximum Gasteiger partial charge on any atom is 0.416 e. The molecule has 0 aliphatic carbocycles. The van der Waals surface area contributed by atoms with Crippen LogP contribution in [0, 0.1) is 5.82 Å². The lowest BCUT2D eigenvalue weighted by Gasteiger charge is -2.08. The van der Waals surface area contributed by atoms with Gasteiger partial charge < -0.3 is 9.73 Å². The molecule has 8 heteroatoms. The molecule has 1 heterocycles. The van der Waals surface area contributed by atoms with E-state index in [1.807, 2.05) is 0 Å². The number of amides is 1. The third-order valence-electron chi connectivity index (χ3n) is 4.28. The Morgan fingerprint density at radius 3 is 2.45 bits per heavy atom. The van der Waals surface area contributed by atoms with Crippen molar-refractivity contribution in [2.75, 3.05) is 6.54 Å². The molecule has 1 amide bonds. The number of benzene rings is 2. The molecule has 1 aromatic heterocycles. The molecule has 0 fully saturated rings. The predicted octanol–water partition coefficient (Wildman–Crippen LogP) is 4.79. The summed E-state index contributed by atoms with van der Waals surface area (Å²) in [5, 5.41) is 2.70. The lowest BCUT2D eigenvalue weighted by molar-refractivity contribution is -0.137. The summed E-state index contributed by atoms with van der Waals surface area (Å²) in [7, 11) is 0. The molecule has 1 N–H and O–H groups in total. The van der Waals surface area contributed by atoms with Gasteiger partial charge in [-0.3, -0.25) is 4.79 Å². The minimum absolute atomic E-state index is 0.129.